The first-order valence-electron chi connectivity index (χ1n) is 11.2. The summed E-state index contributed by atoms with van der Waals surface area (Å²) >= 11 is 0. The third kappa shape index (κ3) is 5.91. The average Bonchev–Trinajstić information content (AvgIpc) is 3.26. The van der Waals surface area contributed by atoms with Crippen molar-refractivity contribution in [2.75, 3.05) is 27.9 Å². The van der Waals surface area contributed by atoms with E-state index in [4.69, 9.17) is 14.2 Å². The molecule has 9 heteroatoms. The SMILES string of the molecule is COc1cc(CN2CCCCC2CCn2cc(C(=O)NC(C)C)nn2)cc(OC)c1OC. The lowest BCUT2D eigenvalue weighted by molar-refractivity contribution is 0.0938. The quantitative estimate of drug-likeness (QED) is 0.601. The zero-order valence-corrected chi connectivity index (χ0v) is 19.8. The second-order valence-corrected chi connectivity index (χ2v) is 8.44. The molecule has 0 bridgehead atoms. The highest BCUT2D eigenvalue weighted by Gasteiger charge is 2.24. The van der Waals surface area contributed by atoms with Crippen LogP contribution in [0.2, 0.25) is 0 Å². The van der Waals surface area contributed by atoms with E-state index in [1.807, 2.05) is 26.0 Å². The van der Waals surface area contributed by atoms with Crippen LogP contribution in [0, 0.1) is 0 Å². The summed E-state index contributed by atoms with van der Waals surface area (Å²) in [6.07, 6.45) is 6.21. The van der Waals surface area contributed by atoms with Crippen LogP contribution in [0.5, 0.6) is 17.2 Å². The van der Waals surface area contributed by atoms with Gasteiger partial charge in [-0.05, 0) is 57.4 Å². The zero-order chi connectivity index (χ0) is 23.1. The number of hydrogen-bond acceptors (Lipinski definition) is 7. The second kappa shape index (κ2) is 11.2. The van der Waals surface area contributed by atoms with Gasteiger partial charge >= 0.3 is 0 Å². The van der Waals surface area contributed by atoms with E-state index in [1.54, 1.807) is 32.2 Å². The predicted molar refractivity (Wildman–Crippen MR) is 121 cm³/mol. The van der Waals surface area contributed by atoms with Crippen molar-refractivity contribution in [2.24, 2.45) is 0 Å². The minimum Gasteiger partial charge on any atom is -0.493 e. The van der Waals surface area contributed by atoms with E-state index in [2.05, 4.69) is 20.5 Å². The Hall–Kier alpha value is -2.81. The lowest BCUT2D eigenvalue weighted by atomic mass is 9.98. The number of aromatic nitrogens is 3. The number of likely N-dealkylation sites (tertiary alicyclic amines) is 1. The second-order valence-electron chi connectivity index (χ2n) is 8.44. The molecular weight excluding hydrogens is 410 g/mol. The highest BCUT2D eigenvalue weighted by atomic mass is 16.5. The Bertz CT molecular complexity index is 873. The number of carbonyl (C=O) groups excluding carboxylic acids is 1. The molecule has 3 rings (SSSR count). The molecule has 1 saturated heterocycles. The maximum atomic E-state index is 12.1. The van der Waals surface area contributed by atoms with Crippen molar-refractivity contribution < 1.29 is 19.0 Å². The molecule has 32 heavy (non-hydrogen) atoms. The smallest absolute Gasteiger partial charge is 0.273 e. The van der Waals surface area contributed by atoms with Gasteiger partial charge < -0.3 is 19.5 Å². The molecule has 2 aromatic rings. The molecule has 9 nitrogen and oxygen atoms in total. The molecule has 1 amide bonds. The van der Waals surface area contributed by atoms with Crippen LogP contribution in [-0.4, -0.2) is 65.8 Å². The Morgan fingerprint density at radius 1 is 1.16 bits per heavy atom. The summed E-state index contributed by atoms with van der Waals surface area (Å²) in [5.41, 5.74) is 1.48. The van der Waals surface area contributed by atoms with Gasteiger partial charge in [-0.3, -0.25) is 14.4 Å². The number of piperidine rings is 1. The standard InChI is InChI=1S/C23H35N5O4/c1-16(2)24-23(29)19-15-28(26-25-19)11-9-18-8-6-7-10-27(18)14-17-12-20(30-3)22(32-5)21(13-17)31-4/h12-13,15-16,18H,6-11,14H2,1-5H3,(H,24,29). The Kier molecular flexibility index (Phi) is 8.33. The molecule has 2 heterocycles. The molecule has 0 spiro atoms. The van der Waals surface area contributed by atoms with Crippen molar-refractivity contribution in [3.8, 4) is 17.2 Å². The summed E-state index contributed by atoms with van der Waals surface area (Å²) in [7, 11) is 4.89. The topological polar surface area (TPSA) is 90.7 Å². The molecule has 1 aliphatic heterocycles. The summed E-state index contributed by atoms with van der Waals surface area (Å²) in [6.45, 7) is 6.42. The lowest BCUT2D eigenvalue weighted by Crippen LogP contribution is -2.39. The maximum absolute atomic E-state index is 12.1. The van der Waals surface area contributed by atoms with E-state index < -0.39 is 0 Å². The van der Waals surface area contributed by atoms with Crippen LogP contribution in [0.15, 0.2) is 18.3 Å². The van der Waals surface area contributed by atoms with Crippen LogP contribution in [0.1, 0.15) is 55.6 Å². The van der Waals surface area contributed by atoms with Crippen molar-refractivity contribution in [2.45, 2.75) is 64.7 Å². The Morgan fingerprint density at radius 2 is 1.88 bits per heavy atom. The fraction of sp³-hybridized carbons (Fsp3) is 0.609. The Labute approximate surface area is 190 Å². The molecule has 1 N–H and O–H groups in total. The van der Waals surface area contributed by atoms with Crippen molar-refractivity contribution >= 4 is 5.91 Å². The van der Waals surface area contributed by atoms with Crippen LogP contribution < -0.4 is 19.5 Å². The molecule has 1 aromatic heterocycles. The number of nitrogens with one attached hydrogen (secondary N) is 1. The molecule has 1 unspecified atom stereocenters. The zero-order valence-electron chi connectivity index (χ0n) is 19.8. The van der Waals surface area contributed by atoms with Gasteiger partial charge in [0.1, 0.15) is 0 Å². The average molecular weight is 446 g/mol. The van der Waals surface area contributed by atoms with Crippen LogP contribution >= 0.6 is 0 Å². The molecule has 1 atom stereocenters. The largest absolute Gasteiger partial charge is 0.493 e. The van der Waals surface area contributed by atoms with E-state index in [0.29, 0.717) is 29.0 Å². The number of hydrogen-bond donors (Lipinski definition) is 1. The van der Waals surface area contributed by atoms with Gasteiger partial charge in [-0.2, -0.15) is 0 Å². The normalized spacial score (nSPS) is 16.8. The molecular formula is C23H35N5O4. The first-order valence-corrected chi connectivity index (χ1v) is 11.2. The number of benzene rings is 1. The van der Waals surface area contributed by atoms with E-state index >= 15 is 0 Å². The summed E-state index contributed by atoms with van der Waals surface area (Å²) in [6, 6.07) is 4.53. The predicted octanol–water partition coefficient (Wildman–Crippen LogP) is 2.89. The van der Waals surface area contributed by atoms with Gasteiger partial charge in [0, 0.05) is 25.2 Å². The van der Waals surface area contributed by atoms with Gasteiger partial charge in [0.2, 0.25) is 5.75 Å². The van der Waals surface area contributed by atoms with Crippen molar-refractivity contribution in [1.82, 2.24) is 25.2 Å². The fourth-order valence-electron chi connectivity index (χ4n) is 4.19. The molecule has 0 aliphatic carbocycles. The number of carbonyl (C=O) groups is 1. The first-order chi connectivity index (χ1) is 15.4. The summed E-state index contributed by atoms with van der Waals surface area (Å²) in [5, 5.41) is 11.0. The van der Waals surface area contributed by atoms with Crippen LogP contribution in [0.25, 0.3) is 0 Å². The number of nitrogens with zero attached hydrogens (tertiary/aromatic N) is 4. The first kappa shape index (κ1) is 23.8. The number of rotatable bonds is 10. The van der Waals surface area contributed by atoms with E-state index in [0.717, 1.165) is 38.0 Å². The summed E-state index contributed by atoms with van der Waals surface area (Å²) in [4.78, 5) is 14.6. The third-order valence-corrected chi connectivity index (χ3v) is 5.74. The molecule has 176 valence electrons. The number of amides is 1. The Balaban J connectivity index is 1.66. The monoisotopic (exact) mass is 445 g/mol. The van der Waals surface area contributed by atoms with Crippen molar-refractivity contribution in [3.63, 3.8) is 0 Å². The number of ether oxygens (including phenoxy) is 3. The van der Waals surface area contributed by atoms with E-state index in [1.165, 1.54) is 12.8 Å². The van der Waals surface area contributed by atoms with Gasteiger partial charge in [0.05, 0.1) is 27.5 Å². The highest BCUT2D eigenvalue weighted by molar-refractivity contribution is 5.91. The molecule has 1 aliphatic rings. The fourth-order valence-corrected chi connectivity index (χ4v) is 4.19. The van der Waals surface area contributed by atoms with Crippen LogP contribution in [0.4, 0.5) is 0 Å². The maximum Gasteiger partial charge on any atom is 0.273 e. The molecule has 1 aromatic carbocycles. The Morgan fingerprint density at radius 3 is 2.50 bits per heavy atom. The summed E-state index contributed by atoms with van der Waals surface area (Å²) in [5.74, 6) is 1.76. The van der Waals surface area contributed by atoms with E-state index in [-0.39, 0.29) is 11.9 Å². The highest BCUT2D eigenvalue weighted by Crippen LogP contribution is 2.39. The van der Waals surface area contributed by atoms with Crippen molar-refractivity contribution in [1.29, 1.82) is 0 Å². The minimum absolute atomic E-state index is 0.0682. The van der Waals surface area contributed by atoms with Gasteiger partial charge in [-0.25, -0.2) is 0 Å². The minimum atomic E-state index is -0.187. The van der Waals surface area contributed by atoms with Crippen LogP contribution in [-0.2, 0) is 13.1 Å². The number of methoxy groups -OCH3 is 3. The molecule has 0 saturated carbocycles. The van der Waals surface area contributed by atoms with E-state index in [9.17, 15) is 4.79 Å². The van der Waals surface area contributed by atoms with Gasteiger partial charge in [-0.15, -0.1) is 5.10 Å². The lowest BCUT2D eigenvalue weighted by Gasteiger charge is -2.36. The third-order valence-electron chi connectivity index (χ3n) is 5.74. The number of aryl methyl sites for hydroxylation is 1. The molecule has 0 radical (unpaired) electrons. The molecule has 1 fully saturated rings. The van der Waals surface area contributed by atoms with Crippen LogP contribution in [0.3, 0.4) is 0 Å². The van der Waals surface area contributed by atoms with Crippen molar-refractivity contribution in [3.05, 3.63) is 29.6 Å². The van der Waals surface area contributed by atoms with Gasteiger partial charge in [0.25, 0.3) is 5.91 Å². The van der Waals surface area contributed by atoms with Gasteiger partial charge in [0.15, 0.2) is 17.2 Å². The van der Waals surface area contributed by atoms with Gasteiger partial charge in [-0.1, -0.05) is 11.6 Å². The summed E-state index contributed by atoms with van der Waals surface area (Å²) < 4.78 is 18.2.